The van der Waals surface area contributed by atoms with Crippen LogP contribution in [0.4, 0.5) is 0 Å². The molecule has 0 spiro atoms. The van der Waals surface area contributed by atoms with Gasteiger partial charge in [0, 0.05) is 10.9 Å². The summed E-state index contributed by atoms with van der Waals surface area (Å²) in [4.78, 5) is 38.4. The minimum Gasteiger partial charge on any atom is -0.507 e. The van der Waals surface area contributed by atoms with Gasteiger partial charge in [0.15, 0.2) is 11.5 Å². The SMILES string of the molecule is COc1cc(C)c(Cl)c2c(=O)oc3c(c12)C(=O)c1cccc(O)c1C3=O. The van der Waals surface area contributed by atoms with Gasteiger partial charge in [-0.15, -0.1) is 0 Å². The van der Waals surface area contributed by atoms with Crippen LogP contribution in [0.15, 0.2) is 33.5 Å². The summed E-state index contributed by atoms with van der Waals surface area (Å²) in [6.45, 7) is 1.68. The van der Waals surface area contributed by atoms with Crippen LogP contribution >= 0.6 is 11.6 Å². The molecule has 2 aromatic carbocycles. The third kappa shape index (κ3) is 1.96. The monoisotopic (exact) mass is 370 g/mol. The predicted octanol–water partition coefficient (Wildman–Crippen LogP) is 3.24. The lowest BCUT2D eigenvalue weighted by Gasteiger charge is -2.20. The summed E-state index contributed by atoms with van der Waals surface area (Å²) in [5.74, 6) is -1.86. The molecule has 6 nitrogen and oxygen atoms in total. The summed E-state index contributed by atoms with van der Waals surface area (Å²) in [5.41, 5.74) is -0.552. The van der Waals surface area contributed by atoms with Crippen molar-refractivity contribution in [3.8, 4) is 11.5 Å². The van der Waals surface area contributed by atoms with Gasteiger partial charge in [-0.2, -0.15) is 0 Å². The third-order valence-electron chi connectivity index (χ3n) is 4.45. The van der Waals surface area contributed by atoms with Gasteiger partial charge in [-0.3, -0.25) is 9.59 Å². The van der Waals surface area contributed by atoms with Crippen LogP contribution in [0.3, 0.4) is 0 Å². The fraction of sp³-hybridized carbons (Fsp3) is 0.105. The first-order chi connectivity index (χ1) is 12.4. The van der Waals surface area contributed by atoms with Crippen molar-refractivity contribution in [3.63, 3.8) is 0 Å². The first-order valence-corrected chi connectivity index (χ1v) is 7.99. The molecule has 1 N–H and O–H groups in total. The molecule has 0 saturated carbocycles. The first-order valence-electron chi connectivity index (χ1n) is 7.62. The molecule has 0 bridgehead atoms. The number of halogens is 1. The molecule has 0 atom stereocenters. The Hall–Kier alpha value is -3.12. The van der Waals surface area contributed by atoms with Crippen molar-refractivity contribution in [3.05, 3.63) is 67.7 Å². The van der Waals surface area contributed by atoms with Gasteiger partial charge in [-0.05, 0) is 24.6 Å². The molecular formula is C19H11ClO6. The summed E-state index contributed by atoms with van der Waals surface area (Å²) in [6, 6.07) is 5.76. The van der Waals surface area contributed by atoms with Gasteiger partial charge < -0.3 is 14.3 Å². The van der Waals surface area contributed by atoms with E-state index in [1.807, 2.05) is 0 Å². The highest BCUT2D eigenvalue weighted by atomic mass is 35.5. The van der Waals surface area contributed by atoms with E-state index in [2.05, 4.69) is 0 Å². The average Bonchev–Trinajstić information content (AvgIpc) is 2.61. The van der Waals surface area contributed by atoms with E-state index in [-0.39, 0.29) is 44.0 Å². The van der Waals surface area contributed by atoms with E-state index in [0.29, 0.717) is 5.56 Å². The zero-order valence-corrected chi connectivity index (χ0v) is 14.4. The van der Waals surface area contributed by atoms with Crippen LogP contribution in [0.1, 0.15) is 37.6 Å². The summed E-state index contributed by atoms with van der Waals surface area (Å²) in [6.07, 6.45) is 0. The van der Waals surface area contributed by atoms with Gasteiger partial charge >= 0.3 is 5.63 Å². The molecule has 0 fully saturated rings. The Morgan fingerprint density at radius 2 is 1.81 bits per heavy atom. The Bertz CT molecular complexity index is 1210. The van der Waals surface area contributed by atoms with E-state index >= 15 is 0 Å². The summed E-state index contributed by atoms with van der Waals surface area (Å²) < 4.78 is 10.5. The fourth-order valence-electron chi connectivity index (χ4n) is 3.26. The number of fused-ring (bicyclic) bond motifs is 4. The lowest BCUT2D eigenvalue weighted by atomic mass is 9.84. The molecule has 0 saturated heterocycles. The van der Waals surface area contributed by atoms with E-state index in [9.17, 15) is 19.5 Å². The van der Waals surface area contributed by atoms with Crippen molar-refractivity contribution in [2.24, 2.45) is 0 Å². The number of benzene rings is 2. The summed E-state index contributed by atoms with van der Waals surface area (Å²) in [7, 11) is 1.39. The minimum absolute atomic E-state index is 0.0213. The zero-order chi connectivity index (χ0) is 18.7. The Morgan fingerprint density at radius 1 is 1.08 bits per heavy atom. The molecule has 1 aromatic heterocycles. The van der Waals surface area contributed by atoms with Gasteiger partial charge in [0.25, 0.3) is 0 Å². The number of carbonyl (C=O) groups excluding carboxylic acids is 2. The number of ether oxygens (including phenoxy) is 1. The van der Waals surface area contributed by atoms with Crippen LogP contribution in [-0.2, 0) is 0 Å². The Morgan fingerprint density at radius 3 is 2.50 bits per heavy atom. The van der Waals surface area contributed by atoms with Crippen molar-refractivity contribution in [2.75, 3.05) is 7.11 Å². The molecule has 3 aromatic rings. The van der Waals surface area contributed by atoms with Crippen molar-refractivity contribution in [1.29, 1.82) is 0 Å². The number of rotatable bonds is 1. The van der Waals surface area contributed by atoms with Gasteiger partial charge in [-0.1, -0.05) is 23.7 Å². The predicted molar refractivity (Wildman–Crippen MR) is 93.8 cm³/mol. The molecule has 0 amide bonds. The van der Waals surface area contributed by atoms with Crippen LogP contribution in [0.25, 0.3) is 10.8 Å². The molecule has 4 rings (SSSR count). The lowest BCUT2D eigenvalue weighted by Crippen LogP contribution is -2.24. The zero-order valence-electron chi connectivity index (χ0n) is 13.7. The van der Waals surface area contributed by atoms with Crippen molar-refractivity contribution < 1.29 is 23.8 Å². The quantitative estimate of drug-likeness (QED) is 0.552. The number of hydrogen-bond acceptors (Lipinski definition) is 6. The number of aryl methyl sites for hydroxylation is 1. The molecule has 1 heterocycles. The van der Waals surface area contributed by atoms with Crippen LogP contribution in [0, 0.1) is 6.92 Å². The second kappa shape index (κ2) is 5.44. The smallest absolute Gasteiger partial charge is 0.346 e. The Labute approximate surface area is 151 Å². The molecule has 130 valence electrons. The lowest BCUT2D eigenvalue weighted by molar-refractivity contribution is 0.0952. The minimum atomic E-state index is -0.856. The largest absolute Gasteiger partial charge is 0.507 e. The van der Waals surface area contributed by atoms with Crippen molar-refractivity contribution >= 4 is 33.9 Å². The van der Waals surface area contributed by atoms with Crippen LogP contribution in [0.5, 0.6) is 11.5 Å². The van der Waals surface area contributed by atoms with Crippen LogP contribution in [-0.4, -0.2) is 23.8 Å². The fourth-order valence-corrected chi connectivity index (χ4v) is 3.49. The first kappa shape index (κ1) is 16.4. The van der Waals surface area contributed by atoms with E-state index in [0.717, 1.165) is 0 Å². The number of carbonyl (C=O) groups is 2. The van der Waals surface area contributed by atoms with Gasteiger partial charge in [0.1, 0.15) is 11.5 Å². The van der Waals surface area contributed by atoms with Crippen molar-refractivity contribution in [1.82, 2.24) is 0 Å². The standard InChI is InChI=1S/C19H11ClO6/c1-7-6-10(25-2)12-13(15(7)20)19(24)26-18-14(12)16(22)8-4-3-5-9(21)11(8)17(18)23/h3-6,21H,1-2H3. The maximum Gasteiger partial charge on any atom is 0.346 e. The number of aromatic hydroxyl groups is 1. The topological polar surface area (TPSA) is 93.8 Å². The summed E-state index contributed by atoms with van der Waals surface area (Å²) in [5, 5.41) is 10.2. The van der Waals surface area contributed by atoms with Crippen LogP contribution in [0.2, 0.25) is 5.02 Å². The molecule has 26 heavy (non-hydrogen) atoms. The highest BCUT2D eigenvalue weighted by Crippen LogP contribution is 2.40. The molecule has 7 heteroatoms. The van der Waals surface area contributed by atoms with Gasteiger partial charge in [0.2, 0.25) is 5.78 Å². The average molecular weight is 371 g/mol. The molecule has 0 radical (unpaired) electrons. The van der Waals surface area contributed by atoms with Crippen molar-refractivity contribution in [2.45, 2.75) is 6.92 Å². The highest BCUT2D eigenvalue weighted by molar-refractivity contribution is 6.38. The van der Waals surface area contributed by atoms with E-state index in [1.54, 1.807) is 13.0 Å². The molecule has 0 unspecified atom stereocenters. The normalized spacial score (nSPS) is 12.9. The molecular weight excluding hydrogens is 360 g/mol. The Kier molecular flexibility index (Phi) is 3.42. The third-order valence-corrected chi connectivity index (χ3v) is 4.94. The van der Waals surface area contributed by atoms with Gasteiger partial charge in [0.05, 0.1) is 28.6 Å². The van der Waals surface area contributed by atoms with Crippen LogP contribution < -0.4 is 10.4 Å². The van der Waals surface area contributed by atoms with Gasteiger partial charge in [-0.25, -0.2) is 4.79 Å². The number of ketones is 2. The highest BCUT2D eigenvalue weighted by Gasteiger charge is 2.37. The number of phenols is 1. The number of methoxy groups -OCH3 is 1. The second-order valence-corrected chi connectivity index (χ2v) is 6.29. The summed E-state index contributed by atoms with van der Waals surface area (Å²) >= 11 is 6.26. The Balaban J connectivity index is 2.24. The maximum atomic E-state index is 13.1. The van der Waals surface area contributed by atoms with E-state index in [4.69, 9.17) is 20.8 Å². The molecule has 1 aliphatic rings. The maximum absolute atomic E-state index is 13.1. The molecule has 0 aliphatic heterocycles. The molecule has 1 aliphatic carbocycles. The van der Waals surface area contributed by atoms with E-state index in [1.165, 1.54) is 25.3 Å². The number of hydrogen-bond donors (Lipinski definition) is 1. The number of phenolic OH excluding ortho intramolecular Hbond substituents is 1. The second-order valence-electron chi connectivity index (χ2n) is 5.91. The van der Waals surface area contributed by atoms with E-state index < -0.39 is 23.0 Å².